The van der Waals surface area contributed by atoms with Gasteiger partial charge in [0.15, 0.2) is 5.75 Å². The molecule has 0 spiro atoms. The molecule has 0 fully saturated rings. The number of amides is 1. The van der Waals surface area contributed by atoms with E-state index in [4.69, 9.17) is 21.1 Å². The number of carbonyl (C=O) groups is 1. The fourth-order valence-corrected chi connectivity index (χ4v) is 3.25. The topological polar surface area (TPSA) is 81.9 Å². The Morgan fingerprint density at radius 3 is 2.40 bits per heavy atom. The maximum absolute atomic E-state index is 12.9. The van der Waals surface area contributed by atoms with E-state index in [0.717, 1.165) is 5.56 Å². The molecule has 7 nitrogen and oxygen atoms in total. The van der Waals surface area contributed by atoms with Crippen LogP contribution in [0.4, 0.5) is 10.5 Å². The van der Waals surface area contributed by atoms with Gasteiger partial charge in [0.05, 0.1) is 23.1 Å². The summed E-state index contributed by atoms with van der Waals surface area (Å²) < 4.78 is 10.7. The highest BCUT2D eigenvalue weighted by Gasteiger charge is 2.27. The van der Waals surface area contributed by atoms with Crippen molar-refractivity contribution in [3.8, 4) is 5.75 Å². The number of rotatable bonds is 7. The Balaban J connectivity index is 2.30. The van der Waals surface area contributed by atoms with Gasteiger partial charge in [-0.1, -0.05) is 41.9 Å². The lowest BCUT2D eigenvalue weighted by molar-refractivity contribution is -0.385. The van der Waals surface area contributed by atoms with Crippen molar-refractivity contribution in [1.82, 2.24) is 4.90 Å². The van der Waals surface area contributed by atoms with E-state index in [0.29, 0.717) is 18.5 Å². The molecule has 0 aromatic heterocycles. The molecule has 0 saturated heterocycles. The summed E-state index contributed by atoms with van der Waals surface area (Å²) >= 11 is 6.27. The predicted octanol–water partition coefficient (Wildman–Crippen LogP) is 5.80. The van der Waals surface area contributed by atoms with Crippen LogP contribution in [0.3, 0.4) is 0 Å². The molecule has 0 heterocycles. The largest absolute Gasteiger partial charge is 0.490 e. The number of halogens is 1. The highest BCUT2D eigenvalue weighted by Crippen LogP contribution is 2.33. The van der Waals surface area contributed by atoms with Gasteiger partial charge < -0.3 is 14.4 Å². The van der Waals surface area contributed by atoms with E-state index in [-0.39, 0.29) is 22.5 Å². The summed E-state index contributed by atoms with van der Waals surface area (Å²) in [6.07, 6.45) is -0.0623. The molecule has 0 aliphatic rings. The van der Waals surface area contributed by atoms with Crippen molar-refractivity contribution in [2.75, 3.05) is 13.7 Å². The van der Waals surface area contributed by atoms with Crippen molar-refractivity contribution in [3.05, 3.63) is 68.7 Å². The third kappa shape index (κ3) is 6.10. The Kier molecular flexibility index (Phi) is 7.67. The SMILES string of the molecule is COc1cc(CCN(C(=O)OC(C)(C)C)[C@@H](C)c2ccccc2)c(Cl)cc1[N+](=O)[O-]. The summed E-state index contributed by atoms with van der Waals surface area (Å²) in [5.74, 6) is 0.124. The lowest BCUT2D eigenvalue weighted by Gasteiger charge is -2.32. The van der Waals surface area contributed by atoms with Gasteiger partial charge in [-0.2, -0.15) is 0 Å². The van der Waals surface area contributed by atoms with E-state index in [1.165, 1.54) is 13.2 Å². The first kappa shape index (κ1) is 23.5. The molecular weight excluding hydrogens is 408 g/mol. The van der Waals surface area contributed by atoms with Crippen LogP contribution in [-0.2, 0) is 11.2 Å². The highest BCUT2D eigenvalue weighted by molar-refractivity contribution is 6.31. The first-order chi connectivity index (χ1) is 14.0. The summed E-state index contributed by atoms with van der Waals surface area (Å²) in [4.78, 5) is 25.2. The number of nitro benzene ring substituents is 1. The van der Waals surface area contributed by atoms with Gasteiger partial charge in [0, 0.05) is 12.6 Å². The number of benzene rings is 2. The summed E-state index contributed by atoms with van der Waals surface area (Å²) in [5.41, 5.74) is 0.775. The minimum Gasteiger partial charge on any atom is -0.490 e. The summed E-state index contributed by atoms with van der Waals surface area (Å²) in [6, 6.07) is 12.2. The van der Waals surface area contributed by atoms with E-state index in [9.17, 15) is 14.9 Å². The van der Waals surface area contributed by atoms with Gasteiger partial charge in [-0.15, -0.1) is 0 Å². The minimum atomic E-state index is -0.639. The number of nitrogens with zero attached hydrogens (tertiary/aromatic N) is 2. The summed E-state index contributed by atoms with van der Waals surface area (Å²) in [6.45, 7) is 7.68. The third-order valence-electron chi connectivity index (χ3n) is 4.54. The number of nitro groups is 1. The second kappa shape index (κ2) is 9.80. The van der Waals surface area contributed by atoms with Crippen molar-refractivity contribution in [2.24, 2.45) is 0 Å². The highest BCUT2D eigenvalue weighted by atomic mass is 35.5. The molecule has 1 atom stereocenters. The quantitative estimate of drug-likeness (QED) is 0.406. The van der Waals surface area contributed by atoms with Crippen LogP contribution in [0.2, 0.25) is 5.02 Å². The smallest absolute Gasteiger partial charge is 0.410 e. The van der Waals surface area contributed by atoms with Gasteiger partial charge in [-0.05, 0) is 51.3 Å². The minimum absolute atomic E-state index is 0.124. The second-order valence-corrected chi connectivity index (χ2v) is 8.29. The van der Waals surface area contributed by atoms with Crippen LogP contribution in [0.5, 0.6) is 5.75 Å². The number of hydrogen-bond donors (Lipinski definition) is 0. The molecule has 30 heavy (non-hydrogen) atoms. The summed E-state index contributed by atoms with van der Waals surface area (Å²) in [7, 11) is 1.37. The predicted molar refractivity (Wildman–Crippen MR) is 116 cm³/mol. The van der Waals surface area contributed by atoms with Crippen molar-refractivity contribution >= 4 is 23.4 Å². The van der Waals surface area contributed by atoms with Crippen LogP contribution >= 0.6 is 11.6 Å². The molecule has 0 radical (unpaired) electrons. The maximum Gasteiger partial charge on any atom is 0.410 e. The Morgan fingerprint density at radius 1 is 1.23 bits per heavy atom. The van der Waals surface area contributed by atoms with E-state index < -0.39 is 16.6 Å². The molecule has 0 unspecified atom stereocenters. The Bertz CT molecular complexity index is 896. The van der Waals surface area contributed by atoms with Gasteiger partial charge in [0.1, 0.15) is 5.60 Å². The van der Waals surface area contributed by atoms with Crippen LogP contribution < -0.4 is 4.74 Å². The zero-order chi connectivity index (χ0) is 22.5. The number of methoxy groups -OCH3 is 1. The zero-order valence-corrected chi connectivity index (χ0v) is 18.6. The molecule has 0 aliphatic heterocycles. The lowest BCUT2D eigenvalue weighted by atomic mass is 10.1. The van der Waals surface area contributed by atoms with Crippen molar-refractivity contribution in [3.63, 3.8) is 0 Å². The van der Waals surface area contributed by atoms with Gasteiger partial charge in [-0.3, -0.25) is 10.1 Å². The lowest BCUT2D eigenvalue weighted by Crippen LogP contribution is -2.39. The summed E-state index contributed by atoms with van der Waals surface area (Å²) in [5, 5.41) is 11.4. The van der Waals surface area contributed by atoms with Crippen LogP contribution in [-0.4, -0.2) is 35.2 Å². The number of hydrogen-bond acceptors (Lipinski definition) is 5. The second-order valence-electron chi connectivity index (χ2n) is 7.88. The maximum atomic E-state index is 12.9. The molecule has 162 valence electrons. The molecule has 1 amide bonds. The molecule has 0 bridgehead atoms. The Hall–Kier alpha value is -2.80. The molecule has 0 N–H and O–H groups in total. The van der Waals surface area contributed by atoms with Crippen LogP contribution in [0, 0.1) is 10.1 Å². The van der Waals surface area contributed by atoms with Gasteiger partial charge >= 0.3 is 11.8 Å². The number of carbonyl (C=O) groups excluding carboxylic acids is 1. The molecule has 2 rings (SSSR count). The van der Waals surface area contributed by atoms with E-state index in [1.54, 1.807) is 11.0 Å². The molecule has 2 aromatic carbocycles. The fraction of sp³-hybridized carbons (Fsp3) is 0.409. The average Bonchev–Trinajstić information content (AvgIpc) is 2.67. The van der Waals surface area contributed by atoms with E-state index in [2.05, 4.69) is 0 Å². The monoisotopic (exact) mass is 434 g/mol. The first-order valence-corrected chi connectivity index (χ1v) is 9.96. The van der Waals surface area contributed by atoms with Crippen molar-refractivity contribution in [1.29, 1.82) is 0 Å². The van der Waals surface area contributed by atoms with Crippen LogP contribution in [0.25, 0.3) is 0 Å². The van der Waals surface area contributed by atoms with Crippen LogP contribution in [0.15, 0.2) is 42.5 Å². The number of ether oxygens (including phenoxy) is 2. The molecule has 0 aliphatic carbocycles. The van der Waals surface area contributed by atoms with Crippen LogP contribution in [0.1, 0.15) is 44.9 Å². The normalized spacial score (nSPS) is 12.2. The van der Waals surface area contributed by atoms with Gasteiger partial charge in [0.25, 0.3) is 0 Å². The zero-order valence-electron chi connectivity index (χ0n) is 17.8. The first-order valence-electron chi connectivity index (χ1n) is 9.59. The average molecular weight is 435 g/mol. The van der Waals surface area contributed by atoms with Crippen molar-refractivity contribution in [2.45, 2.75) is 45.8 Å². The van der Waals surface area contributed by atoms with Gasteiger partial charge in [0.2, 0.25) is 0 Å². The Morgan fingerprint density at radius 2 is 1.87 bits per heavy atom. The van der Waals surface area contributed by atoms with Crippen molar-refractivity contribution < 1.29 is 19.2 Å². The molecular formula is C22H27ClN2O5. The molecule has 0 saturated carbocycles. The van der Waals surface area contributed by atoms with E-state index in [1.807, 2.05) is 58.0 Å². The molecule has 2 aromatic rings. The van der Waals surface area contributed by atoms with E-state index >= 15 is 0 Å². The third-order valence-corrected chi connectivity index (χ3v) is 4.90. The fourth-order valence-electron chi connectivity index (χ4n) is 3.00. The Labute approximate surface area is 181 Å². The van der Waals surface area contributed by atoms with Gasteiger partial charge in [-0.25, -0.2) is 4.79 Å². The standard InChI is InChI=1S/C22H27ClN2O5/c1-15(16-9-7-6-8-10-16)24(21(26)30-22(2,3)4)12-11-17-13-20(29-5)19(25(27)28)14-18(17)23/h6-10,13-15H,11-12H2,1-5H3/t15-/m0/s1. The molecule has 8 heteroatoms.